The number of nitrogens with one attached hydrogen (secondary N) is 1. The third-order valence-corrected chi connectivity index (χ3v) is 11.9. The first-order valence-electron chi connectivity index (χ1n) is 15.8. The summed E-state index contributed by atoms with van der Waals surface area (Å²) >= 11 is 6.51. The topological polar surface area (TPSA) is 140 Å². The van der Waals surface area contributed by atoms with E-state index in [1.807, 2.05) is 37.3 Å². The summed E-state index contributed by atoms with van der Waals surface area (Å²) in [7, 11) is -3.03. The van der Waals surface area contributed by atoms with Crippen LogP contribution in [0.4, 0.5) is 11.4 Å². The molecule has 3 aromatic rings. The summed E-state index contributed by atoms with van der Waals surface area (Å²) in [4.78, 5) is 55.2. The molecule has 1 fully saturated rings. The van der Waals surface area contributed by atoms with Gasteiger partial charge in [-0.05, 0) is 61.5 Å². The van der Waals surface area contributed by atoms with Crippen LogP contribution in [0.1, 0.15) is 37.0 Å². The maximum absolute atomic E-state index is 14.7. The molecule has 5 rings (SSSR count). The zero-order valence-electron chi connectivity index (χ0n) is 27.0. The normalized spacial score (nSPS) is 22.8. The van der Waals surface area contributed by atoms with E-state index in [1.165, 1.54) is 6.92 Å². The van der Waals surface area contributed by atoms with Gasteiger partial charge in [-0.3, -0.25) is 14.4 Å². The van der Waals surface area contributed by atoms with Crippen LogP contribution in [-0.2, 0) is 37.8 Å². The number of carbonyl (C=O) groups is 3. The van der Waals surface area contributed by atoms with Crippen LogP contribution in [0.3, 0.4) is 0 Å². The van der Waals surface area contributed by atoms with Gasteiger partial charge in [-0.15, -0.1) is 0 Å². The highest BCUT2D eigenvalue weighted by Crippen LogP contribution is 2.60. The fourth-order valence-electron chi connectivity index (χ4n) is 7.05. The van der Waals surface area contributed by atoms with Crippen molar-refractivity contribution < 1.29 is 34.1 Å². The highest BCUT2D eigenvalue weighted by atomic mass is 35.5. The predicted molar refractivity (Wildman–Crippen MR) is 182 cm³/mol. The maximum atomic E-state index is 14.7. The van der Waals surface area contributed by atoms with E-state index in [0.29, 0.717) is 28.5 Å². The molecule has 4 N–H and O–H groups in total. The van der Waals surface area contributed by atoms with Gasteiger partial charge >= 0.3 is 0 Å². The lowest BCUT2D eigenvalue weighted by Gasteiger charge is -2.32. The Bertz CT molecular complexity index is 1620. The molecule has 0 unspecified atom stereocenters. The Morgan fingerprint density at radius 1 is 1.09 bits per heavy atom. The van der Waals surface area contributed by atoms with Crippen LogP contribution < -0.4 is 10.2 Å². The Morgan fingerprint density at radius 3 is 2.38 bits per heavy atom. The summed E-state index contributed by atoms with van der Waals surface area (Å²) in [6.45, 7) is 7.34. The van der Waals surface area contributed by atoms with Crippen molar-refractivity contribution in [3.8, 4) is 0 Å². The number of hydrogen-bond donors (Lipinski definition) is 4. The molecule has 47 heavy (non-hydrogen) atoms. The first kappa shape index (κ1) is 34.7. The lowest BCUT2D eigenvalue weighted by Crippen LogP contribution is -2.46. The van der Waals surface area contributed by atoms with Crippen LogP contribution in [0.25, 0.3) is 0 Å². The number of anilines is 2. The molecule has 2 heterocycles. The van der Waals surface area contributed by atoms with Crippen molar-refractivity contribution in [1.82, 2.24) is 4.90 Å². The quantitative estimate of drug-likeness (QED) is 0.220. The molecule has 10 nitrogen and oxygen atoms in total. The third-order valence-electron chi connectivity index (χ3n) is 9.20. The van der Waals surface area contributed by atoms with E-state index in [0.717, 1.165) is 11.1 Å². The molecule has 1 saturated heterocycles. The number of carbonyl (C=O) groups excluding carboxylic acids is 3. The van der Waals surface area contributed by atoms with Gasteiger partial charge in [-0.25, -0.2) is 0 Å². The van der Waals surface area contributed by atoms with Gasteiger partial charge in [0.15, 0.2) is 13.9 Å². The number of rotatable bonds is 11. The van der Waals surface area contributed by atoms with Crippen molar-refractivity contribution in [2.24, 2.45) is 5.92 Å². The molecule has 1 spiro atoms. The largest absolute Gasteiger partial charge is 0.432 e. The zero-order valence-corrected chi connectivity index (χ0v) is 28.8. The number of aliphatic hydroxyl groups is 2. The van der Waals surface area contributed by atoms with Gasteiger partial charge in [0, 0.05) is 40.8 Å². The van der Waals surface area contributed by atoms with E-state index in [-0.39, 0.29) is 37.9 Å². The Kier molecular flexibility index (Phi) is 10.3. The van der Waals surface area contributed by atoms with Crippen molar-refractivity contribution in [3.63, 3.8) is 0 Å². The van der Waals surface area contributed by atoms with Crippen LogP contribution in [0.5, 0.6) is 0 Å². The third kappa shape index (κ3) is 7.01. The van der Waals surface area contributed by atoms with Crippen LogP contribution in [0.15, 0.2) is 72.8 Å². The van der Waals surface area contributed by atoms with Crippen molar-refractivity contribution in [2.45, 2.75) is 69.8 Å². The number of ether oxygens (including phenoxy) is 1. The highest BCUT2D eigenvalue weighted by Gasteiger charge is 2.66. The molecule has 0 saturated carbocycles. The second-order valence-corrected chi connectivity index (χ2v) is 17.4. The monoisotopic (exact) mass is 679 g/mol. The number of halogens is 1. The molecule has 250 valence electrons. The minimum Gasteiger partial charge on any atom is -0.432 e. The number of hydrogen-bond acceptors (Lipinski definition) is 7. The maximum Gasteiger partial charge on any atom is 0.264 e. The zero-order chi connectivity index (χ0) is 34.1. The molecular weight excluding hydrogens is 638 g/mol. The molecule has 3 aromatic carbocycles. The van der Waals surface area contributed by atoms with E-state index in [1.54, 1.807) is 65.4 Å². The Labute approximate surface area is 281 Å². The molecule has 0 aliphatic carbocycles. The van der Waals surface area contributed by atoms with Crippen molar-refractivity contribution in [2.75, 3.05) is 23.4 Å². The van der Waals surface area contributed by atoms with Crippen molar-refractivity contribution in [1.29, 1.82) is 0 Å². The van der Waals surface area contributed by atoms with E-state index in [9.17, 15) is 29.4 Å². The lowest BCUT2D eigenvalue weighted by atomic mass is 9.82. The predicted octanol–water partition coefficient (Wildman–Crippen LogP) is 4.42. The first-order chi connectivity index (χ1) is 22.3. The van der Waals surface area contributed by atoms with Gasteiger partial charge in [0.2, 0.25) is 5.91 Å². The molecule has 3 amide bonds. The van der Waals surface area contributed by atoms with Crippen LogP contribution in [0, 0.1) is 5.92 Å². The lowest BCUT2D eigenvalue weighted by molar-refractivity contribution is -0.150. The Hall–Kier alpha value is -3.58. The SMILES string of the molecule is C[C@H](O)C(=O)Nc1ccc(CN2C(=O)[C@]3(O[C@H](CC(=O)N(CCO)Cc4ccccc4)[C@@H]([Si](C)(C)O)[C@@H]3C)c3cc(Cl)ccc32)cc1. The van der Waals surface area contributed by atoms with E-state index in [2.05, 4.69) is 5.32 Å². The highest BCUT2D eigenvalue weighted by molar-refractivity contribution is 6.71. The minimum atomic E-state index is -3.03. The number of amides is 3. The summed E-state index contributed by atoms with van der Waals surface area (Å²) in [5, 5.41) is 22.3. The second kappa shape index (κ2) is 13.9. The summed E-state index contributed by atoms with van der Waals surface area (Å²) in [5.41, 5.74) is 1.50. The molecule has 12 heteroatoms. The molecular formula is C35H42ClN3O7Si. The Balaban J connectivity index is 1.46. The smallest absolute Gasteiger partial charge is 0.264 e. The fourth-order valence-corrected chi connectivity index (χ4v) is 9.77. The van der Waals surface area contributed by atoms with E-state index >= 15 is 0 Å². The molecule has 2 aliphatic heterocycles. The van der Waals surface area contributed by atoms with Crippen LogP contribution in [-0.4, -0.2) is 71.3 Å². The van der Waals surface area contributed by atoms with Gasteiger partial charge in [0.25, 0.3) is 11.8 Å². The van der Waals surface area contributed by atoms with Gasteiger partial charge in [-0.2, -0.15) is 0 Å². The number of fused-ring (bicyclic) bond motifs is 2. The summed E-state index contributed by atoms with van der Waals surface area (Å²) in [5.74, 6) is -1.55. The molecule has 2 aliphatic rings. The number of aliphatic hydroxyl groups excluding tert-OH is 2. The van der Waals surface area contributed by atoms with Crippen LogP contribution in [0.2, 0.25) is 23.7 Å². The Morgan fingerprint density at radius 2 is 1.77 bits per heavy atom. The summed E-state index contributed by atoms with van der Waals surface area (Å²) in [6, 6.07) is 21.7. The van der Waals surface area contributed by atoms with Crippen molar-refractivity contribution >= 4 is 49.0 Å². The average Bonchev–Trinajstić information content (AvgIpc) is 3.44. The first-order valence-corrected chi connectivity index (χ1v) is 19.2. The standard InChI is InChI=1S/C35H42ClN3O7Si/c1-22-32(47(3,4)45)30(19-31(42)38(16-17-40)20-24-8-6-5-7-9-24)46-35(22)28-18-26(36)12-15-29(28)39(34(35)44)21-25-10-13-27(14-11-25)37-33(43)23(2)41/h5-15,18,22-23,30,32,40-41,45H,16-17,19-21H2,1-4H3,(H,37,43)/t22-,23-,30+,32-,35+/m0/s1. The second-order valence-electron chi connectivity index (χ2n) is 13.0. The van der Waals surface area contributed by atoms with Gasteiger partial charge in [0.05, 0.1) is 31.4 Å². The van der Waals surface area contributed by atoms with Crippen molar-refractivity contribution in [3.05, 3.63) is 94.5 Å². The summed E-state index contributed by atoms with van der Waals surface area (Å²) < 4.78 is 6.80. The molecule has 0 radical (unpaired) electrons. The van der Waals surface area contributed by atoms with E-state index < -0.39 is 43.5 Å². The van der Waals surface area contributed by atoms with Gasteiger partial charge in [-0.1, -0.05) is 61.0 Å². The number of nitrogens with zero attached hydrogens (tertiary/aromatic N) is 2. The van der Waals surface area contributed by atoms with E-state index in [4.69, 9.17) is 16.3 Å². The molecule has 5 atom stereocenters. The van der Waals surface area contributed by atoms with Gasteiger partial charge in [0.1, 0.15) is 6.10 Å². The number of benzene rings is 3. The molecule has 0 bridgehead atoms. The van der Waals surface area contributed by atoms with Gasteiger partial charge < -0.3 is 34.9 Å². The van der Waals surface area contributed by atoms with Crippen LogP contribution >= 0.6 is 11.6 Å². The summed E-state index contributed by atoms with van der Waals surface area (Å²) in [6.07, 6.45) is -1.97. The molecule has 0 aromatic heterocycles. The average molecular weight is 680 g/mol. The minimum absolute atomic E-state index is 0.0661. The fraction of sp³-hybridized carbons (Fsp3) is 0.400.